The first-order chi connectivity index (χ1) is 15.9. The summed E-state index contributed by atoms with van der Waals surface area (Å²) in [6.45, 7) is 5.45. The van der Waals surface area contributed by atoms with E-state index >= 15 is 0 Å². The molecule has 3 rings (SSSR count). The Morgan fingerprint density at radius 3 is 2.39 bits per heavy atom. The molecule has 2 amide bonds. The molecule has 9 heteroatoms. The summed E-state index contributed by atoms with van der Waals surface area (Å²) >= 11 is 1.59. The number of thioether (sulfide) groups is 1. The third-order valence-corrected chi connectivity index (χ3v) is 8.21. The van der Waals surface area contributed by atoms with E-state index in [1.807, 2.05) is 7.05 Å². The minimum absolute atomic E-state index is 0.0765. The second-order valence-electron chi connectivity index (χ2n) is 10.0. The van der Waals surface area contributed by atoms with Gasteiger partial charge in [0.2, 0.25) is 11.7 Å². The molecule has 2 saturated heterocycles. The van der Waals surface area contributed by atoms with E-state index in [1.165, 1.54) is 0 Å². The molecule has 0 aromatic heterocycles. The van der Waals surface area contributed by atoms with Crippen LogP contribution in [-0.2, 0) is 19.1 Å². The topological polar surface area (TPSA) is 100 Å². The van der Waals surface area contributed by atoms with Gasteiger partial charge < -0.3 is 15.0 Å². The fraction of sp³-hybridized carbons (Fsp3) is 0.833. The van der Waals surface area contributed by atoms with Crippen LogP contribution in [0.15, 0.2) is 5.10 Å². The molecule has 8 nitrogen and oxygen atoms in total. The van der Waals surface area contributed by atoms with Crippen LogP contribution < -0.4 is 10.7 Å². The number of Topliss-reactive ketones (excluding diaryl/α,β-unsaturated/α-hetero) is 1. The van der Waals surface area contributed by atoms with Crippen LogP contribution in [0, 0.1) is 17.8 Å². The molecule has 2 heterocycles. The highest BCUT2D eigenvalue weighted by Crippen LogP contribution is 2.27. The number of carbonyl (C=O) groups excluding carboxylic acids is 3. The lowest BCUT2D eigenvalue weighted by Gasteiger charge is -2.30. The zero-order valence-electron chi connectivity index (χ0n) is 20.3. The van der Waals surface area contributed by atoms with Gasteiger partial charge in [0.15, 0.2) is 5.17 Å². The summed E-state index contributed by atoms with van der Waals surface area (Å²) in [5, 5.41) is 7.92. The van der Waals surface area contributed by atoms with Gasteiger partial charge in [-0.05, 0) is 43.9 Å². The second-order valence-corrected chi connectivity index (χ2v) is 11.0. The van der Waals surface area contributed by atoms with Crippen molar-refractivity contribution in [2.45, 2.75) is 83.7 Å². The van der Waals surface area contributed by atoms with Gasteiger partial charge in [0.1, 0.15) is 6.04 Å². The molecule has 2 atom stereocenters. The Hall–Kier alpha value is -1.61. The first kappa shape index (κ1) is 26.0. The van der Waals surface area contributed by atoms with E-state index in [1.54, 1.807) is 11.8 Å². The maximum absolute atomic E-state index is 13.2. The fourth-order valence-electron chi connectivity index (χ4n) is 4.98. The number of nitrogens with zero attached hydrogens (tertiary/aromatic N) is 2. The molecular weight excluding hydrogens is 440 g/mol. The summed E-state index contributed by atoms with van der Waals surface area (Å²) in [5.74, 6) is -0.154. The van der Waals surface area contributed by atoms with Gasteiger partial charge >= 0.3 is 5.91 Å². The van der Waals surface area contributed by atoms with E-state index in [0.29, 0.717) is 43.2 Å². The van der Waals surface area contributed by atoms with Crippen LogP contribution in [0.1, 0.15) is 71.6 Å². The quantitative estimate of drug-likeness (QED) is 0.315. The van der Waals surface area contributed by atoms with E-state index in [2.05, 4.69) is 34.6 Å². The van der Waals surface area contributed by atoms with Gasteiger partial charge in [0, 0.05) is 38.0 Å². The van der Waals surface area contributed by atoms with Crippen molar-refractivity contribution in [3.05, 3.63) is 0 Å². The highest BCUT2D eigenvalue weighted by molar-refractivity contribution is 8.14. The number of hydrogen-bond donors (Lipinski definition) is 2. The molecule has 1 saturated carbocycles. The summed E-state index contributed by atoms with van der Waals surface area (Å²) in [6, 6.07) is -0.456. The van der Waals surface area contributed by atoms with E-state index in [-0.39, 0.29) is 17.7 Å². The predicted octanol–water partition coefficient (Wildman–Crippen LogP) is 2.92. The Bertz CT molecular complexity index is 715. The third kappa shape index (κ3) is 7.44. The van der Waals surface area contributed by atoms with E-state index in [4.69, 9.17) is 4.74 Å². The lowest BCUT2D eigenvalue weighted by molar-refractivity contribution is -0.142. The van der Waals surface area contributed by atoms with Crippen LogP contribution in [-0.4, -0.2) is 65.8 Å². The van der Waals surface area contributed by atoms with Crippen molar-refractivity contribution >= 4 is 34.5 Å². The van der Waals surface area contributed by atoms with Crippen molar-refractivity contribution < 1.29 is 19.1 Å². The summed E-state index contributed by atoms with van der Waals surface area (Å²) in [7, 11) is 1.97. The Labute approximate surface area is 202 Å². The lowest BCUT2D eigenvalue weighted by Crippen LogP contribution is -2.53. The van der Waals surface area contributed by atoms with Crippen molar-refractivity contribution in [1.29, 1.82) is 0 Å². The highest BCUT2D eigenvalue weighted by Gasteiger charge is 2.36. The zero-order valence-corrected chi connectivity index (χ0v) is 21.1. The number of hydrazone groups is 1. The monoisotopic (exact) mass is 480 g/mol. The van der Waals surface area contributed by atoms with Crippen LogP contribution in [0.4, 0.5) is 0 Å². The van der Waals surface area contributed by atoms with Crippen molar-refractivity contribution in [1.82, 2.24) is 15.6 Å². The number of hydrogen-bond acceptors (Lipinski definition) is 6. The molecule has 0 bridgehead atoms. The number of carbonyl (C=O) groups is 3. The van der Waals surface area contributed by atoms with Gasteiger partial charge in [-0.2, -0.15) is 0 Å². The second kappa shape index (κ2) is 12.7. The summed E-state index contributed by atoms with van der Waals surface area (Å²) < 4.78 is 5.44. The van der Waals surface area contributed by atoms with Crippen molar-refractivity contribution in [3.63, 3.8) is 0 Å². The van der Waals surface area contributed by atoms with E-state index in [0.717, 1.165) is 50.7 Å². The predicted molar refractivity (Wildman–Crippen MR) is 131 cm³/mol. The van der Waals surface area contributed by atoms with Crippen LogP contribution >= 0.6 is 11.8 Å². The first-order valence-electron chi connectivity index (χ1n) is 12.5. The average molecular weight is 481 g/mol. The van der Waals surface area contributed by atoms with E-state index in [9.17, 15) is 14.4 Å². The first-order valence-corrected chi connectivity index (χ1v) is 13.5. The Morgan fingerprint density at radius 1 is 1.09 bits per heavy atom. The molecule has 3 fully saturated rings. The Morgan fingerprint density at radius 2 is 1.76 bits per heavy atom. The van der Waals surface area contributed by atoms with Gasteiger partial charge in [0.25, 0.3) is 0 Å². The number of amides is 2. The average Bonchev–Trinajstić information content (AvgIpc) is 2.99. The van der Waals surface area contributed by atoms with Gasteiger partial charge in [-0.25, -0.2) is 5.43 Å². The molecule has 2 N–H and O–H groups in total. The molecular formula is C24H40N4O4S. The fourth-order valence-corrected chi connectivity index (χ4v) is 6.14. The number of ketones is 1. The van der Waals surface area contributed by atoms with Gasteiger partial charge in [0.05, 0.1) is 0 Å². The number of ether oxygens (including phenoxy) is 1. The number of amidine groups is 1. The summed E-state index contributed by atoms with van der Waals surface area (Å²) in [4.78, 5) is 41.0. The maximum atomic E-state index is 13.2. The number of nitrogens with one attached hydrogen (secondary N) is 2. The molecule has 0 aromatic rings. The summed E-state index contributed by atoms with van der Waals surface area (Å²) in [6.07, 6.45) is 8.43. The molecule has 0 spiro atoms. The van der Waals surface area contributed by atoms with Crippen LogP contribution in [0.3, 0.4) is 0 Å². The Balaban J connectivity index is 1.63. The van der Waals surface area contributed by atoms with Crippen LogP contribution in [0.25, 0.3) is 0 Å². The zero-order chi connectivity index (χ0) is 23.8. The highest BCUT2D eigenvalue weighted by atomic mass is 32.2. The van der Waals surface area contributed by atoms with Crippen LogP contribution in [0.5, 0.6) is 0 Å². The largest absolute Gasteiger partial charge is 0.381 e. The Kier molecular flexibility index (Phi) is 10.0. The molecule has 1 unspecified atom stereocenters. The molecule has 0 aromatic carbocycles. The van der Waals surface area contributed by atoms with E-state index < -0.39 is 17.7 Å². The van der Waals surface area contributed by atoms with Gasteiger partial charge in [-0.15, -0.1) is 5.10 Å². The number of rotatable bonds is 8. The summed E-state index contributed by atoms with van der Waals surface area (Å²) in [5.41, 5.74) is 2.47. The molecule has 3 aliphatic rings. The molecule has 186 valence electrons. The molecule has 1 aliphatic carbocycles. The van der Waals surface area contributed by atoms with Gasteiger partial charge in [-0.3, -0.25) is 14.4 Å². The normalized spacial score (nSPS) is 25.2. The maximum Gasteiger partial charge on any atom is 0.309 e. The molecule has 0 radical (unpaired) electrons. The molecule has 33 heavy (non-hydrogen) atoms. The van der Waals surface area contributed by atoms with Crippen molar-refractivity contribution in [2.24, 2.45) is 22.9 Å². The van der Waals surface area contributed by atoms with Gasteiger partial charge in [-0.1, -0.05) is 51.3 Å². The van der Waals surface area contributed by atoms with Crippen molar-refractivity contribution in [2.75, 3.05) is 26.0 Å². The minimum Gasteiger partial charge on any atom is -0.381 e. The van der Waals surface area contributed by atoms with Crippen molar-refractivity contribution in [3.8, 4) is 0 Å². The standard InChI is InChI=1S/C24H40N4O4S/c1-16(2)14-19-15-33-24(28(19)3)27-26-23(31)21(29)20(17-10-12-32-13-11-17)25-22(30)18-8-6-4-5-7-9-18/h16-20H,4-15H2,1-3H3,(H,25,30)(H,26,31)/t19-,20?/m1/s1. The minimum atomic E-state index is -0.826. The molecule has 2 aliphatic heterocycles. The van der Waals surface area contributed by atoms with Crippen LogP contribution in [0.2, 0.25) is 0 Å². The SMILES string of the molecule is CC(C)C[C@@H]1CSC(=NNC(=O)C(=O)C(NC(=O)C2CCCCCC2)C2CCOCC2)N1C. The third-order valence-electron chi connectivity index (χ3n) is 7.02. The smallest absolute Gasteiger partial charge is 0.309 e. The lowest BCUT2D eigenvalue weighted by atomic mass is 9.87.